The molecule has 0 spiro atoms. The number of aliphatic imine (C=N–C) groups is 1. The summed E-state index contributed by atoms with van der Waals surface area (Å²) in [6, 6.07) is 41.1. The third-order valence-corrected chi connectivity index (χ3v) is 14.2. The van der Waals surface area contributed by atoms with Crippen molar-refractivity contribution in [2.24, 2.45) is 10.7 Å². The van der Waals surface area contributed by atoms with Crippen molar-refractivity contribution in [1.82, 2.24) is 5.32 Å². The van der Waals surface area contributed by atoms with Gasteiger partial charge in [-0.2, -0.15) is 21.6 Å². The summed E-state index contributed by atoms with van der Waals surface area (Å²) in [7, 11) is -4.79. The minimum atomic E-state index is -5.34. The average molecular weight is 1130 g/mol. The number of carbonyl (C=O) groups excluding carboxylic acids is 5. The van der Waals surface area contributed by atoms with E-state index in [9.17, 15) is 45.6 Å². The molecule has 1 fully saturated rings. The van der Waals surface area contributed by atoms with Gasteiger partial charge in [0.1, 0.15) is 6.10 Å². The van der Waals surface area contributed by atoms with Crippen molar-refractivity contribution in [2.75, 3.05) is 13.2 Å². The molecule has 1 aliphatic rings. The molecule has 0 aromatic heterocycles. The molecule has 0 radical (unpaired) electrons. The first-order valence-electron chi connectivity index (χ1n) is 26.5. The molecule has 2 amide bonds. The summed E-state index contributed by atoms with van der Waals surface area (Å²) in [6.07, 6.45) is -5.10. The van der Waals surface area contributed by atoms with Crippen LogP contribution in [0.4, 0.5) is 18.9 Å². The molecule has 1 saturated heterocycles. The lowest BCUT2D eigenvalue weighted by Crippen LogP contribution is -2.63. The molecule has 5 atom stereocenters. The second kappa shape index (κ2) is 29.9. The van der Waals surface area contributed by atoms with Crippen LogP contribution in [0.2, 0.25) is 0 Å². The number of nitrogens with two attached hydrogens (primary N) is 1. The SMILES string of the molecule is NC(=O)CCCCCCCCCCCCNC(=O)c1ccc(-c2ccc(S(=O)(=O)OC[C@H]3O[C@@H](OC(=Nc4ccccc4)C(F)(F)F)[C@H](OC(=O)c4ccccc4)[C@@H](OC(=O)c4ccccc4)[C@@H]3OC(=O)c3ccccc3)cc2)cc1. The predicted octanol–water partition coefficient (Wildman–Crippen LogP) is 11.3. The molecule has 16 nitrogen and oxygen atoms in total. The number of benzene rings is 6. The van der Waals surface area contributed by atoms with E-state index in [0.717, 1.165) is 64.2 Å². The van der Waals surface area contributed by atoms with Gasteiger partial charge in [-0.05, 0) is 96.8 Å². The lowest BCUT2D eigenvalue weighted by molar-refractivity contribution is -0.282. The second-order valence-electron chi connectivity index (χ2n) is 19.0. The molecule has 81 heavy (non-hydrogen) atoms. The molecule has 6 aromatic carbocycles. The Morgan fingerprint density at radius 2 is 0.951 bits per heavy atom. The molecule has 0 saturated carbocycles. The molecule has 6 aromatic rings. The number of carbonyl (C=O) groups is 5. The summed E-state index contributed by atoms with van der Waals surface area (Å²) in [5.41, 5.74) is 6.42. The van der Waals surface area contributed by atoms with Crippen LogP contribution in [0, 0.1) is 0 Å². The number of ether oxygens (including phenoxy) is 5. The third-order valence-electron chi connectivity index (χ3n) is 13.0. The van der Waals surface area contributed by atoms with Crippen LogP contribution >= 0.6 is 0 Å². The third kappa shape index (κ3) is 18.4. The number of nitrogens with zero attached hydrogens (tertiary/aromatic N) is 1. The molecule has 0 bridgehead atoms. The molecular weight excluding hydrogens is 1070 g/mol. The van der Waals surface area contributed by atoms with Gasteiger partial charge in [-0.25, -0.2) is 19.4 Å². The quantitative estimate of drug-likeness (QED) is 0.0122. The molecule has 0 aliphatic carbocycles. The van der Waals surface area contributed by atoms with Gasteiger partial charge in [-0.15, -0.1) is 0 Å². The maximum Gasteiger partial charge on any atom is 0.468 e. The lowest BCUT2D eigenvalue weighted by atomic mass is 9.97. The topological polar surface area (TPSA) is 225 Å². The second-order valence-corrected chi connectivity index (χ2v) is 20.6. The first-order valence-corrected chi connectivity index (χ1v) is 27.9. The Kier molecular flexibility index (Phi) is 22.3. The number of amides is 2. The maximum absolute atomic E-state index is 15.0. The number of halogens is 3. The molecule has 426 valence electrons. The Bertz CT molecular complexity index is 3140. The number of esters is 3. The number of hydrogen-bond donors (Lipinski definition) is 2. The molecule has 20 heteroatoms. The summed E-state index contributed by atoms with van der Waals surface area (Å²) in [4.78, 5) is 68.9. The van der Waals surface area contributed by atoms with E-state index in [0.29, 0.717) is 29.7 Å². The number of rotatable bonds is 27. The highest BCUT2D eigenvalue weighted by molar-refractivity contribution is 7.86. The summed E-state index contributed by atoms with van der Waals surface area (Å²) >= 11 is 0. The zero-order chi connectivity index (χ0) is 57.6. The summed E-state index contributed by atoms with van der Waals surface area (Å²) in [5, 5.41) is 2.95. The highest BCUT2D eigenvalue weighted by Crippen LogP contribution is 2.35. The minimum absolute atomic E-state index is 0.0476. The van der Waals surface area contributed by atoms with E-state index in [-0.39, 0.29) is 39.1 Å². The molecular formula is C61H62F3N3O13S. The number of alkyl halides is 3. The number of hydrogen-bond acceptors (Lipinski definition) is 14. The zero-order valence-corrected chi connectivity index (χ0v) is 44.9. The van der Waals surface area contributed by atoms with Gasteiger partial charge in [0, 0.05) is 18.5 Å². The Morgan fingerprint density at radius 1 is 0.519 bits per heavy atom. The fourth-order valence-electron chi connectivity index (χ4n) is 8.69. The van der Waals surface area contributed by atoms with E-state index < -0.39 is 77.4 Å². The van der Waals surface area contributed by atoms with Crippen molar-refractivity contribution < 1.29 is 73.4 Å². The normalized spacial score (nSPS) is 17.3. The fraction of sp³-hybridized carbons (Fsp3) is 0.311. The van der Waals surface area contributed by atoms with Gasteiger partial charge < -0.3 is 34.7 Å². The van der Waals surface area contributed by atoms with Crippen LogP contribution in [0.1, 0.15) is 112 Å². The van der Waals surface area contributed by atoms with Crippen LogP contribution in [0.25, 0.3) is 11.1 Å². The van der Waals surface area contributed by atoms with Crippen molar-refractivity contribution in [2.45, 2.75) is 112 Å². The van der Waals surface area contributed by atoms with Crippen LogP contribution in [-0.4, -0.2) is 94.1 Å². The summed E-state index contributed by atoms with van der Waals surface area (Å²) in [6.45, 7) is -0.576. The Hall–Kier alpha value is -8.20. The van der Waals surface area contributed by atoms with Gasteiger partial charge >= 0.3 is 24.1 Å². The van der Waals surface area contributed by atoms with Gasteiger partial charge in [-0.1, -0.05) is 148 Å². The average Bonchev–Trinajstić information content (AvgIpc) is 3.59. The Morgan fingerprint density at radius 3 is 1.43 bits per heavy atom. The van der Waals surface area contributed by atoms with E-state index in [1.807, 2.05) is 0 Å². The Labute approximate surface area is 467 Å². The van der Waals surface area contributed by atoms with E-state index in [4.69, 9.17) is 33.6 Å². The molecule has 3 N–H and O–H groups in total. The van der Waals surface area contributed by atoms with Crippen molar-refractivity contribution in [3.8, 4) is 11.1 Å². The monoisotopic (exact) mass is 1130 g/mol. The van der Waals surface area contributed by atoms with Crippen LogP contribution < -0.4 is 11.1 Å². The molecule has 0 unspecified atom stereocenters. The first kappa shape index (κ1) is 60.4. The van der Waals surface area contributed by atoms with Crippen molar-refractivity contribution in [3.05, 3.63) is 192 Å². The number of unbranched alkanes of at least 4 members (excludes halogenated alkanes) is 9. The van der Waals surface area contributed by atoms with Gasteiger partial charge in [0.25, 0.3) is 21.9 Å². The van der Waals surface area contributed by atoms with Gasteiger partial charge in [0.05, 0.1) is 33.9 Å². The largest absolute Gasteiger partial charge is 0.468 e. The zero-order valence-electron chi connectivity index (χ0n) is 44.1. The van der Waals surface area contributed by atoms with Crippen LogP contribution in [0.3, 0.4) is 0 Å². The maximum atomic E-state index is 15.0. The lowest BCUT2D eigenvalue weighted by Gasteiger charge is -2.44. The van der Waals surface area contributed by atoms with Crippen LogP contribution in [0.15, 0.2) is 180 Å². The molecule has 1 heterocycles. The molecule has 1 aliphatic heterocycles. The highest BCUT2D eigenvalue weighted by Gasteiger charge is 2.56. The summed E-state index contributed by atoms with van der Waals surface area (Å²) in [5.74, 6) is -5.73. The summed E-state index contributed by atoms with van der Waals surface area (Å²) < 4.78 is 108. The minimum Gasteiger partial charge on any atom is -0.452 e. The first-order chi connectivity index (χ1) is 39.1. The van der Waals surface area contributed by atoms with Crippen molar-refractivity contribution in [1.29, 1.82) is 0 Å². The van der Waals surface area contributed by atoms with Gasteiger partial charge in [0.15, 0.2) is 12.2 Å². The standard InChI is InChI=1S/C61H62F3N3O13S/c62-61(63,64)60(67-48-29-19-12-20-30-48)80-59-54(79-58(72)47-27-17-11-18-28-47)53(78-57(71)46-25-15-10-16-26-46)52(77-56(70)45-23-13-9-14-24-45)50(76-59)41-75-81(73,74)49-38-36-43(37-39-49)42-32-34-44(35-33-42)55(69)66-40-22-8-6-4-2-1-3-5-7-21-31-51(65)68/h9-20,23-30,32-39,50,52-54,59H,1-8,21-22,31,40-41H2,(H2,65,68)(H,66,69)/t50-,52-,53+,54-,59+/m1/s1. The van der Waals surface area contributed by atoms with E-state index >= 15 is 0 Å². The smallest absolute Gasteiger partial charge is 0.452 e. The van der Waals surface area contributed by atoms with Gasteiger partial charge in [-0.3, -0.25) is 13.8 Å². The number of primary amides is 1. The van der Waals surface area contributed by atoms with Crippen LogP contribution in [0.5, 0.6) is 0 Å². The highest BCUT2D eigenvalue weighted by atomic mass is 32.2. The fourth-order valence-corrected chi connectivity index (χ4v) is 9.61. The number of nitrogens with one attached hydrogen (secondary N) is 1. The van der Waals surface area contributed by atoms with E-state index in [2.05, 4.69) is 10.3 Å². The molecule has 7 rings (SSSR count). The Balaban J connectivity index is 1.09. The van der Waals surface area contributed by atoms with Crippen molar-refractivity contribution >= 4 is 51.4 Å². The van der Waals surface area contributed by atoms with Crippen molar-refractivity contribution in [3.63, 3.8) is 0 Å². The predicted molar refractivity (Wildman–Crippen MR) is 294 cm³/mol. The van der Waals surface area contributed by atoms with Gasteiger partial charge in [0.2, 0.25) is 18.3 Å². The van der Waals surface area contributed by atoms with E-state index in [1.165, 1.54) is 121 Å². The van der Waals surface area contributed by atoms with Crippen LogP contribution in [-0.2, 0) is 42.8 Å². The van der Waals surface area contributed by atoms with E-state index in [1.54, 1.807) is 48.5 Å². The number of para-hydroxylation sites is 1.